The van der Waals surface area contributed by atoms with Gasteiger partial charge in [0.25, 0.3) is 0 Å². The van der Waals surface area contributed by atoms with Gasteiger partial charge >= 0.3 is 0 Å². The van der Waals surface area contributed by atoms with Gasteiger partial charge in [0.2, 0.25) is 0 Å². The van der Waals surface area contributed by atoms with Crippen LogP contribution in [-0.4, -0.2) is 30.1 Å². The Kier molecular flexibility index (Phi) is 9.20. The minimum Gasteiger partial charge on any atom is -0.371 e. The summed E-state index contributed by atoms with van der Waals surface area (Å²) >= 11 is 3.12. The number of aliphatic hydroxyl groups is 2. The third-order valence-corrected chi connectivity index (χ3v) is 1.55. The molecule has 0 unspecified atom stereocenters. The molecule has 2 N–H and O–H groups in total. The van der Waals surface area contributed by atoms with Gasteiger partial charge in [-0.2, -0.15) is 0 Å². The minimum atomic E-state index is -0.538. The number of hydrogen-bond acceptors (Lipinski definition) is 4. The van der Waals surface area contributed by atoms with Crippen LogP contribution in [0.15, 0.2) is 11.1 Å². The number of rotatable bonds is 7. The van der Waals surface area contributed by atoms with Crippen LogP contribution in [0.3, 0.4) is 0 Å². The Morgan fingerprint density at radius 1 is 1.25 bits per heavy atom. The van der Waals surface area contributed by atoms with E-state index in [-0.39, 0.29) is 0 Å². The van der Waals surface area contributed by atoms with Gasteiger partial charge in [-0.25, -0.2) is 0 Å². The summed E-state index contributed by atoms with van der Waals surface area (Å²) in [4.78, 5) is 1.74. The van der Waals surface area contributed by atoms with Gasteiger partial charge in [-0.1, -0.05) is 22.0 Å². The standard InChI is InChI=1S/C7H13BrO4/c8-4-2-1-3-7(11-5-9)12-6-10/h2,4,7,9-10H,1,3,5-6H2/b4-2+. The molecule has 4 nitrogen and oxygen atoms in total. The van der Waals surface area contributed by atoms with E-state index in [0.29, 0.717) is 6.42 Å². The van der Waals surface area contributed by atoms with Crippen molar-refractivity contribution in [2.75, 3.05) is 13.6 Å². The molecule has 0 rings (SSSR count). The molecule has 0 heterocycles. The topological polar surface area (TPSA) is 58.9 Å². The first-order valence-electron chi connectivity index (χ1n) is 3.55. The molecule has 0 aromatic heterocycles. The summed E-state index contributed by atoms with van der Waals surface area (Å²) in [6, 6.07) is 0. The second-order valence-corrected chi connectivity index (χ2v) is 2.49. The molecule has 0 aromatic rings. The van der Waals surface area contributed by atoms with Crippen molar-refractivity contribution >= 4 is 15.9 Å². The Labute approximate surface area is 79.9 Å². The van der Waals surface area contributed by atoms with E-state index in [0.717, 1.165) is 6.42 Å². The van der Waals surface area contributed by atoms with Crippen molar-refractivity contribution in [3.05, 3.63) is 11.1 Å². The highest BCUT2D eigenvalue weighted by atomic mass is 79.9. The normalized spacial score (nSPS) is 11.7. The summed E-state index contributed by atoms with van der Waals surface area (Å²) in [6.45, 7) is -0.800. The van der Waals surface area contributed by atoms with E-state index in [9.17, 15) is 0 Å². The zero-order valence-electron chi connectivity index (χ0n) is 6.65. The highest BCUT2D eigenvalue weighted by Crippen LogP contribution is 2.04. The van der Waals surface area contributed by atoms with Crippen molar-refractivity contribution in [3.8, 4) is 0 Å². The molecule has 0 aliphatic rings. The first-order valence-corrected chi connectivity index (χ1v) is 4.46. The van der Waals surface area contributed by atoms with Gasteiger partial charge in [0.1, 0.15) is 13.6 Å². The molecule has 0 aromatic carbocycles. The van der Waals surface area contributed by atoms with Crippen LogP contribution in [0.25, 0.3) is 0 Å². The maximum Gasteiger partial charge on any atom is 0.163 e. The smallest absolute Gasteiger partial charge is 0.163 e. The molecular weight excluding hydrogens is 228 g/mol. The van der Waals surface area contributed by atoms with Crippen LogP contribution in [0, 0.1) is 0 Å². The summed E-state index contributed by atoms with van der Waals surface area (Å²) in [5.41, 5.74) is 0. The predicted molar refractivity (Wildman–Crippen MR) is 47.4 cm³/mol. The molecule has 0 aliphatic carbocycles. The maximum absolute atomic E-state index is 8.41. The van der Waals surface area contributed by atoms with Crippen molar-refractivity contribution in [1.82, 2.24) is 0 Å². The SMILES string of the molecule is OCOC(CC/C=C/Br)OCO. The molecule has 0 saturated heterocycles. The molecule has 0 bridgehead atoms. The average molecular weight is 241 g/mol. The number of hydrogen-bond donors (Lipinski definition) is 2. The maximum atomic E-state index is 8.41. The van der Waals surface area contributed by atoms with Crippen LogP contribution in [0.4, 0.5) is 0 Å². The summed E-state index contributed by atoms with van der Waals surface area (Å²) in [5.74, 6) is 0. The summed E-state index contributed by atoms with van der Waals surface area (Å²) in [6.07, 6.45) is 2.71. The van der Waals surface area contributed by atoms with Gasteiger partial charge in [-0.15, -0.1) is 0 Å². The van der Waals surface area contributed by atoms with Crippen LogP contribution in [0.2, 0.25) is 0 Å². The zero-order chi connectivity index (χ0) is 9.23. The molecule has 0 saturated carbocycles. The number of aliphatic hydroxyl groups excluding tert-OH is 2. The Morgan fingerprint density at radius 2 is 1.83 bits per heavy atom. The first kappa shape index (κ1) is 12.1. The highest BCUT2D eigenvalue weighted by molar-refractivity contribution is 9.11. The van der Waals surface area contributed by atoms with Crippen molar-refractivity contribution in [1.29, 1.82) is 0 Å². The highest BCUT2D eigenvalue weighted by Gasteiger charge is 2.06. The Bertz CT molecular complexity index is 112. The van der Waals surface area contributed by atoms with Crippen LogP contribution >= 0.6 is 15.9 Å². The summed E-state index contributed by atoms with van der Waals surface area (Å²) < 4.78 is 9.51. The van der Waals surface area contributed by atoms with E-state index < -0.39 is 19.9 Å². The van der Waals surface area contributed by atoms with Crippen LogP contribution in [0.1, 0.15) is 12.8 Å². The van der Waals surface area contributed by atoms with Crippen molar-refractivity contribution in [2.24, 2.45) is 0 Å². The molecule has 0 atom stereocenters. The quantitative estimate of drug-likeness (QED) is 0.651. The molecular formula is C7H13BrO4. The largest absolute Gasteiger partial charge is 0.371 e. The fourth-order valence-corrected chi connectivity index (χ4v) is 0.941. The van der Waals surface area contributed by atoms with Gasteiger partial charge in [0, 0.05) is 6.42 Å². The molecule has 72 valence electrons. The van der Waals surface area contributed by atoms with E-state index >= 15 is 0 Å². The Morgan fingerprint density at radius 3 is 2.25 bits per heavy atom. The monoisotopic (exact) mass is 240 g/mol. The Hall–Kier alpha value is 0.0600. The van der Waals surface area contributed by atoms with Crippen molar-refractivity contribution < 1.29 is 19.7 Å². The lowest BCUT2D eigenvalue weighted by molar-refractivity contribution is -0.211. The van der Waals surface area contributed by atoms with Crippen LogP contribution in [-0.2, 0) is 9.47 Å². The van der Waals surface area contributed by atoms with Gasteiger partial charge in [-0.05, 0) is 11.4 Å². The molecule has 0 spiro atoms. The molecule has 0 radical (unpaired) electrons. The van der Waals surface area contributed by atoms with Crippen LogP contribution in [0.5, 0.6) is 0 Å². The second kappa shape index (κ2) is 9.15. The van der Waals surface area contributed by atoms with E-state index in [1.807, 2.05) is 6.08 Å². The fraction of sp³-hybridized carbons (Fsp3) is 0.714. The minimum absolute atomic E-state index is 0.400. The lowest BCUT2D eigenvalue weighted by Crippen LogP contribution is -2.18. The lowest BCUT2D eigenvalue weighted by atomic mass is 10.3. The summed E-state index contributed by atoms with van der Waals surface area (Å²) in [5, 5.41) is 16.8. The van der Waals surface area contributed by atoms with E-state index in [1.165, 1.54) is 0 Å². The number of ether oxygens (including phenoxy) is 2. The average Bonchev–Trinajstić information content (AvgIpc) is 2.06. The fourth-order valence-electron chi connectivity index (χ4n) is 0.676. The van der Waals surface area contributed by atoms with E-state index in [1.54, 1.807) is 4.99 Å². The van der Waals surface area contributed by atoms with Gasteiger partial charge in [0.05, 0.1) is 0 Å². The van der Waals surface area contributed by atoms with E-state index in [2.05, 4.69) is 15.9 Å². The second-order valence-electron chi connectivity index (χ2n) is 1.96. The van der Waals surface area contributed by atoms with Gasteiger partial charge < -0.3 is 19.7 Å². The van der Waals surface area contributed by atoms with E-state index in [4.69, 9.17) is 19.7 Å². The molecule has 0 fully saturated rings. The van der Waals surface area contributed by atoms with Gasteiger partial charge in [-0.3, -0.25) is 0 Å². The third kappa shape index (κ3) is 6.75. The predicted octanol–water partition coefficient (Wildman–Crippen LogP) is 0.934. The first-order chi connectivity index (χ1) is 5.85. The van der Waals surface area contributed by atoms with Gasteiger partial charge in [0.15, 0.2) is 6.29 Å². The molecule has 0 aliphatic heterocycles. The molecule has 12 heavy (non-hydrogen) atoms. The zero-order valence-corrected chi connectivity index (χ0v) is 8.24. The Balaban J connectivity index is 3.47. The van der Waals surface area contributed by atoms with Crippen molar-refractivity contribution in [2.45, 2.75) is 19.1 Å². The third-order valence-electron chi connectivity index (χ3n) is 1.18. The lowest BCUT2D eigenvalue weighted by Gasteiger charge is -2.14. The number of allylic oxidation sites excluding steroid dienone is 1. The molecule has 5 heteroatoms. The van der Waals surface area contributed by atoms with Crippen LogP contribution < -0.4 is 0 Å². The van der Waals surface area contributed by atoms with Crippen molar-refractivity contribution in [3.63, 3.8) is 0 Å². The summed E-state index contributed by atoms with van der Waals surface area (Å²) in [7, 11) is 0. The number of halogens is 1. The molecule has 0 amide bonds.